The van der Waals surface area contributed by atoms with E-state index in [2.05, 4.69) is 9.88 Å². The minimum atomic E-state index is -0.993. The van der Waals surface area contributed by atoms with Gasteiger partial charge in [0.25, 0.3) is 0 Å². The third kappa shape index (κ3) is 6.87. The van der Waals surface area contributed by atoms with Crippen molar-refractivity contribution in [2.75, 3.05) is 37.8 Å². The standard InChI is InChI=1S/C22H28F2N2O4S/c23-17-9-8-16(18-15-31-22(25-18)26-10-13-29-14-11-26)21(20(17)24)30-12-6-4-2-1-3-5-7-19(27)28/h8-9,15H,1-7,10-14H2,(H,27,28). The molecule has 1 aromatic carbocycles. The lowest BCUT2D eigenvalue weighted by Crippen LogP contribution is -2.36. The van der Waals surface area contributed by atoms with Crippen LogP contribution in [-0.2, 0) is 9.53 Å². The molecule has 0 saturated carbocycles. The van der Waals surface area contributed by atoms with Gasteiger partial charge in [-0.2, -0.15) is 4.39 Å². The fourth-order valence-electron chi connectivity index (χ4n) is 3.42. The average Bonchev–Trinajstić information content (AvgIpc) is 3.26. The number of rotatable bonds is 12. The van der Waals surface area contributed by atoms with Crippen LogP contribution in [0.4, 0.5) is 13.9 Å². The summed E-state index contributed by atoms with van der Waals surface area (Å²) in [6, 6.07) is 2.61. The van der Waals surface area contributed by atoms with Crippen LogP contribution in [0, 0.1) is 11.6 Å². The summed E-state index contributed by atoms with van der Waals surface area (Å²) in [5.41, 5.74) is 1.02. The molecule has 1 fully saturated rings. The molecule has 0 unspecified atom stereocenters. The number of unbranched alkanes of at least 4 members (excludes halogenated alkanes) is 5. The normalized spacial score (nSPS) is 14.1. The zero-order valence-electron chi connectivity index (χ0n) is 17.4. The van der Waals surface area contributed by atoms with Gasteiger partial charge in [0.1, 0.15) is 0 Å². The van der Waals surface area contributed by atoms with E-state index >= 15 is 0 Å². The van der Waals surface area contributed by atoms with Gasteiger partial charge < -0.3 is 19.5 Å². The largest absolute Gasteiger partial charge is 0.490 e. The number of hydrogen-bond donors (Lipinski definition) is 1. The number of carboxylic acids is 1. The molecule has 1 aliphatic heterocycles. The summed E-state index contributed by atoms with van der Waals surface area (Å²) in [5.74, 6) is -2.80. The second-order valence-electron chi connectivity index (χ2n) is 7.47. The zero-order valence-corrected chi connectivity index (χ0v) is 18.3. The number of anilines is 1. The van der Waals surface area contributed by atoms with Gasteiger partial charge in [-0.15, -0.1) is 11.3 Å². The smallest absolute Gasteiger partial charge is 0.303 e. The number of aromatic nitrogens is 1. The van der Waals surface area contributed by atoms with Gasteiger partial charge in [0.15, 0.2) is 16.7 Å². The van der Waals surface area contributed by atoms with Gasteiger partial charge in [0.05, 0.1) is 25.5 Å². The van der Waals surface area contributed by atoms with Gasteiger partial charge >= 0.3 is 5.97 Å². The van der Waals surface area contributed by atoms with Crippen molar-refractivity contribution in [3.8, 4) is 17.0 Å². The molecule has 0 radical (unpaired) electrons. The van der Waals surface area contributed by atoms with Crippen LogP contribution in [0.1, 0.15) is 44.9 Å². The van der Waals surface area contributed by atoms with E-state index in [1.54, 1.807) is 0 Å². The first-order valence-electron chi connectivity index (χ1n) is 10.7. The van der Waals surface area contributed by atoms with E-state index in [9.17, 15) is 13.6 Å². The number of hydrogen-bond acceptors (Lipinski definition) is 6. The number of carboxylic acid groups (broad SMARTS) is 1. The molecule has 3 rings (SSSR count). The molecule has 0 bridgehead atoms. The van der Waals surface area contributed by atoms with E-state index in [0.29, 0.717) is 37.3 Å². The third-order valence-corrected chi connectivity index (χ3v) is 6.03. The summed E-state index contributed by atoms with van der Waals surface area (Å²) < 4.78 is 39.3. The first-order valence-corrected chi connectivity index (χ1v) is 11.6. The Kier molecular flexibility index (Phi) is 9.02. The minimum absolute atomic E-state index is 0.0970. The Bertz CT molecular complexity index is 856. The lowest BCUT2D eigenvalue weighted by atomic mass is 10.1. The summed E-state index contributed by atoms with van der Waals surface area (Å²) >= 11 is 1.46. The molecule has 2 aromatic rings. The van der Waals surface area contributed by atoms with Gasteiger partial charge in [-0.1, -0.05) is 25.7 Å². The van der Waals surface area contributed by atoms with Crippen LogP contribution in [0.15, 0.2) is 17.5 Å². The molecule has 170 valence electrons. The van der Waals surface area contributed by atoms with Gasteiger partial charge in [0.2, 0.25) is 5.82 Å². The molecule has 0 spiro atoms. The quantitative estimate of drug-likeness (QED) is 0.449. The second-order valence-corrected chi connectivity index (χ2v) is 8.30. The lowest BCUT2D eigenvalue weighted by molar-refractivity contribution is -0.137. The van der Waals surface area contributed by atoms with Crippen molar-refractivity contribution >= 4 is 22.4 Å². The first kappa shape index (κ1) is 23.4. The Morgan fingerprint density at radius 1 is 1.13 bits per heavy atom. The number of nitrogens with zero attached hydrogens (tertiary/aromatic N) is 2. The Balaban J connectivity index is 1.54. The van der Waals surface area contributed by atoms with Crippen molar-refractivity contribution in [1.82, 2.24) is 4.98 Å². The molecule has 0 atom stereocenters. The van der Waals surface area contributed by atoms with Crippen LogP contribution in [0.2, 0.25) is 0 Å². The van der Waals surface area contributed by atoms with E-state index in [4.69, 9.17) is 14.6 Å². The number of morpholine rings is 1. The third-order valence-electron chi connectivity index (χ3n) is 5.13. The van der Waals surface area contributed by atoms with Gasteiger partial charge in [0, 0.05) is 30.5 Å². The predicted octanol–water partition coefficient (Wildman–Crippen LogP) is 5.12. The zero-order chi connectivity index (χ0) is 22.1. The molecule has 1 aliphatic rings. The Morgan fingerprint density at radius 2 is 1.84 bits per heavy atom. The van der Waals surface area contributed by atoms with Crippen LogP contribution in [0.25, 0.3) is 11.3 Å². The van der Waals surface area contributed by atoms with Crippen LogP contribution >= 0.6 is 11.3 Å². The van der Waals surface area contributed by atoms with E-state index < -0.39 is 17.6 Å². The average molecular weight is 455 g/mol. The highest BCUT2D eigenvalue weighted by molar-refractivity contribution is 7.14. The van der Waals surface area contributed by atoms with Crippen molar-refractivity contribution in [3.63, 3.8) is 0 Å². The predicted molar refractivity (Wildman–Crippen MR) is 116 cm³/mol. The van der Waals surface area contributed by atoms with Crippen molar-refractivity contribution in [2.45, 2.75) is 44.9 Å². The Morgan fingerprint density at radius 3 is 2.58 bits per heavy atom. The van der Waals surface area contributed by atoms with Gasteiger partial charge in [-0.05, 0) is 25.0 Å². The van der Waals surface area contributed by atoms with Crippen molar-refractivity contribution in [3.05, 3.63) is 29.1 Å². The first-order chi connectivity index (χ1) is 15.1. The van der Waals surface area contributed by atoms with Crippen molar-refractivity contribution < 1.29 is 28.2 Å². The van der Waals surface area contributed by atoms with Crippen molar-refractivity contribution in [1.29, 1.82) is 0 Å². The molecule has 1 aromatic heterocycles. The molecular formula is C22H28F2N2O4S. The number of benzene rings is 1. The maximum Gasteiger partial charge on any atom is 0.303 e. The SMILES string of the molecule is O=C(O)CCCCCCCCOc1c(-c2csc(N3CCOCC3)n2)ccc(F)c1F. The van der Waals surface area contributed by atoms with Crippen LogP contribution in [0.3, 0.4) is 0 Å². The molecule has 0 aliphatic carbocycles. The Labute approximate surface area is 184 Å². The fourth-order valence-corrected chi connectivity index (χ4v) is 4.30. The summed E-state index contributed by atoms with van der Waals surface area (Å²) in [5, 5.41) is 11.3. The van der Waals surface area contributed by atoms with E-state index in [1.807, 2.05) is 5.38 Å². The van der Waals surface area contributed by atoms with E-state index in [0.717, 1.165) is 50.0 Å². The van der Waals surface area contributed by atoms with Crippen LogP contribution < -0.4 is 9.64 Å². The second kappa shape index (κ2) is 12.0. The van der Waals surface area contributed by atoms with Crippen LogP contribution in [0.5, 0.6) is 5.75 Å². The summed E-state index contributed by atoms with van der Waals surface area (Å²) in [6.07, 6.45) is 5.28. The van der Waals surface area contributed by atoms with Crippen molar-refractivity contribution in [2.24, 2.45) is 0 Å². The highest BCUT2D eigenvalue weighted by Gasteiger charge is 2.20. The molecule has 9 heteroatoms. The number of carbonyl (C=O) groups is 1. The highest BCUT2D eigenvalue weighted by Crippen LogP contribution is 2.36. The number of ether oxygens (including phenoxy) is 2. The molecule has 1 saturated heterocycles. The summed E-state index contributed by atoms with van der Waals surface area (Å²) in [6.45, 7) is 3.08. The molecule has 6 nitrogen and oxygen atoms in total. The molecule has 1 N–H and O–H groups in total. The molecular weight excluding hydrogens is 426 g/mol. The van der Waals surface area contributed by atoms with Gasteiger partial charge in [-0.25, -0.2) is 9.37 Å². The van der Waals surface area contributed by atoms with Gasteiger partial charge in [-0.3, -0.25) is 4.79 Å². The maximum atomic E-state index is 14.5. The molecule has 31 heavy (non-hydrogen) atoms. The molecule has 0 amide bonds. The lowest BCUT2D eigenvalue weighted by Gasteiger charge is -2.26. The summed E-state index contributed by atoms with van der Waals surface area (Å²) in [4.78, 5) is 17.2. The number of halogens is 2. The number of aliphatic carboxylic acids is 1. The van der Waals surface area contributed by atoms with E-state index in [1.165, 1.54) is 17.4 Å². The Hall–Kier alpha value is -2.26. The number of thiazole rings is 1. The minimum Gasteiger partial charge on any atom is -0.490 e. The molecule has 2 heterocycles. The fraction of sp³-hybridized carbons (Fsp3) is 0.545. The monoisotopic (exact) mass is 454 g/mol. The van der Waals surface area contributed by atoms with E-state index in [-0.39, 0.29) is 18.8 Å². The summed E-state index contributed by atoms with van der Waals surface area (Å²) in [7, 11) is 0. The maximum absolute atomic E-state index is 14.5. The highest BCUT2D eigenvalue weighted by atomic mass is 32.1. The topological polar surface area (TPSA) is 71.9 Å². The van der Waals surface area contributed by atoms with Crippen LogP contribution in [-0.4, -0.2) is 49.0 Å².